The van der Waals surface area contributed by atoms with Crippen molar-refractivity contribution in [2.75, 3.05) is 6.54 Å². The van der Waals surface area contributed by atoms with E-state index < -0.39 is 0 Å². The Morgan fingerprint density at radius 3 is 3.00 bits per heavy atom. The SMILES string of the molecule is Cc1c(Cl)ccc2c1N=C1CCCCCN1C2. The maximum atomic E-state index is 6.17. The maximum absolute atomic E-state index is 6.17. The van der Waals surface area contributed by atoms with Gasteiger partial charge >= 0.3 is 0 Å². The smallest absolute Gasteiger partial charge is 0.105 e. The van der Waals surface area contributed by atoms with Gasteiger partial charge in [-0.25, -0.2) is 4.99 Å². The molecule has 0 saturated carbocycles. The van der Waals surface area contributed by atoms with Crippen LogP contribution in [0.2, 0.25) is 5.02 Å². The normalized spacial score (nSPS) is 19.2. The van der Waals surface area contributed by atoms with E-state index >= 15 is 0 Å². The number of nitrogens with zero attached hydrogens (tertiary/aromatic N) is 2. The van der Waals surface area contributed by atoms with E-state index in [-0.39, 0.29) is 0 Å². The molecule has 1 aromatic carbocycles. The van der Waals surface area contributed by atoms with Gasteiger partial charge in [-0.2, -0.15) is 0 Å². The van der Waals surface area contributed by atoms with Crippen LogP contribution in [0.4, 0.5) is 5.69 Å². The molecule has 0 atom stereocenters. The van der Waals surface area contributed by atoms with Gasteiger partial charge in [0, 0.05) is 24.5 Å². The lowest BCUT2D eigenvalue weighted by Crippen LogP contribution is -2.32. The number of fused-ring (bicyclic) bond motifs is 2. The van der Waals surface area contributed by atoms with Crippen LogP contribution < -0.4 is 0 Å². The summed E-state index contributed by atoms with van der Waals surface area (Å²) in [5, 5.41) is 0.829. The fraction of sp³-hybridized carbons (Fsp3) is 0.500. The van der Waals surface area contributed by atoms with E-state index in [1.165, 1.54) is 30.7 Å². The highest BCUT2D eigenvalue weighted by Gasteiger charge is 2.22. The van der Waals surface area contributed by atoms with E-state index in [1.54, 1.807) is 0 Å². The summed E-state index contributed by atoms with van der Waals surface area (Å²) in [5.41, 5.74) is 3.56. The van der Waals surface area contributed by atoms with Gasteiger partial charge in [-0.3, -0.25) is 0 Å². The van der Waals surface area contributed by atoms with Crippen molar-refractivity contribution in [1.29, 1.82) is 0 Å². The fourth-order valence-corrected chi connectivity index (χ4v) is 2.85. The van der Waals surface area contributed by atoms with E-state index in [0.717, 1.165) is 35.8 Å². The van der Waals surface area contributed by atoms with Gasteiger partial charge in [0.25, 0.3) is 0 Å². The minimum absolute atomic E-state index is 0.829. The molecule has 1 fully saturated rings. The van der Waals surface area contributed by atoms with Gasteiger partial charge in [-0.05, 0) is 37.0 Å². The van der Waals surface area contributed by atoms with E-state index in [1.807, 2.05) is 6.07 Å². The molecule has 1 saturated heterocycles. The zero-order valence-corrected chi connectivity index (χ0v) is 10.9. The minimum Gasteiger partial charge on any atom is -0.356 e. The Kier molecular flexibility index (Phi) is 2.83. The molecule has 0 aliphatic carbocycles. The van der Waals surface area contributed by atoms with Crippen LogP contribution in [-0.2, 0) is 6.54 Å². The molecule has 2 heterocycles. The van der Waals surface area contributed by atoms with Crippen molar-refractivity contribution in [3.63, 3.8) is 0 Å². The van der Waals surface area contributed by atoms with Crippen molar-refractivity contribution < 1.29 is 0 Å². The molecule has 0 amide bonds. The van der Waals surface area contributed by atoms with Gasteiger partial charge in [0.1, 0.15) is 5.84 Å². The first kappa shape index (κ1) is 11.1. The average molecular weight is 249 g/mol. The first-order valence-corrected chi connectivity index (χ1v) is 6.74. The molecule has 2 nitrogen and oxygen atoms in total. The Hall–Kier alpha value is -1.02. The average Bonchev–Trinajstić information content (AvgIpc) is 2.57. The summed E-state index contributed by atoms with van der Waals surface area (Å²) in [6.45, 7) is 4.23. The third kappa shape index (κ3) is 1.95. The number of hydrogen-bond donors (Lipinski definition) is 0. The van der Waals surface area contributed by atoms with Crippen molar-refractivity contribution >= 4 is 23.1 Å². The zero-order chi connectivity index (χ0) is 11.8. The van der Waals surface area contributed by atoms with E-state index in [2.05, 4.69) is 17.9 Å². The molecular weight excluding hydrogens is 232 g/mol. The van der Waals surface area contributed by atoms with Crippen molar-refractivity contribution in [1.82, 2.24) is 4.90 Å². The summed E-state index contributed by atoms with van der Waals surface area (Å²) in [6, 6.07) is 4.11. The Balaban J connectivity index is 2.06. The second-order valence-corrected chi connectivity index (χ2v) is 5.35. The van der Waals surface area contributed by atoms with Crippen LogP contribution in [0.15, 0.2) is 17.1 Å². The lowest BCUT2D eigenvalue weighted by molar-refractivity contribution is 0.403. The molecule has 1 aromatic rings. The first-order chi connectivity index (χ1) is 8.25. The molecule has 0 bridgehead atoms. The van der Waals surface area contributed by atoms with Gasteiger partial charge in [0.2, 0.25) is 0 Å². The van der Waals surface area contributed by atoms with E-state index in [0.29, 0.717) is 0 Å². The lowest BCUT2D eigenvalue weighted by atomic mass is 10.1. The van der Waals surface area contributed by atoms with Crippen LogP contribution >= 0.6 is 11.6 Å². The molecule has 17 heavy (non-hydrogen) atoms. The molecule has 90 valence electrons. The van der Waals surface area contributed by atoms with Gasteiger partial charge in [-0.1, -0.05) is 24.1 Å². The largest absolute Gasteiger partial charge is 0.356 e. The topological polar surface area (TPSA) is 15.6 Å². The van der Waals surface area contributed by atoms with Crippen LogP contribution in [0.25, 0.3) is 0 Å². The molecule has 2 aliphatic rings. The minimum atomic E-state index is 0.829. The third-order valence-electron chi connectivity index (χ3n) is 3.74. The summed E-state index contributed by atoms with van der Waals surface area (Å²) < 4.78 is 0. The van der Waals surface area contributed by atoms with Crippen LogP contribution in [0.5, 0.6) is 0 Å². The highest BCUT2D eigenvalue weighted by molar-refractivity contribution is 6.31. The fourth-order valence-electron chi connectivity index (χ4n) is 2.70. The maximum Gasteiger partial charge on any atom is 0.105 e. The monoisotopic (exact) mass is 248 g/mol. The van der Waals surface area contributed by atoms with Crippen molar-refractivity contribution in [3.05, 3.63) is 28.3 Å². The molecule has 0 radical (unpaired) electrons. The predicted molar refractivity (Wildman–Crippen MR) is 72.2 cm³/mol. The molecule has 0 aromatic heterocycles. The molecule has 0 N–H and O–H groups in total. The van der Waals surface area contributed by atoms with Crippen molar-refractivity contribution in [2.24, 2.45) is 4.99 Å². The van der Waals surface area contributed by atoms with Crippen LogP contribution in [0.1, 0.15) is 36.8 Å². The second kappa shape index (κ2) is 4.34. The van der Waals surface area contributed by atoms with Gasteiger partial charge in [0.15, 0.2) is 0 Å². The Bertz CT molecular complexity index is 479. The number of halogens is 1. The van der Waals surface area contributed by atoms with Crippen LogP contribution in [0.3, 0.4) is 0 Å². The molecular formula is C14H17ClN2. The summed E-state index contributed by atoms with van der Waals surface area (Å²) in [4.78, 5) is 7.28. The Morgan fingerprint density at radius 2 is 2.12 bits per heavy atom. The highest BCUT2D eigenvalue weighted by atomic mass is 35.5. The molecule has 3 heteroatoms. The molecule has 2 aliphatic heterocycles. The van der Waals surface area contributed by atoms with Gasteiger partial charge in [-0.15, -0.1) is 0 Å². The molecule has 0 unspecified atom stereocenters. The molecule has 3 rings (SSSR count). The second-order valence-electron chi connectivity index (χ2n) is 4.94. The van der Waals surface area contributed by atoms with Gasteiger partial charge in [0.05, 0.1) is 5.69 Å². The number of amidine groups is 1. The number of benzene rings is 1. The zero-order valence-electron chi connectivity index (χ0n) is 10.2. The number of aliphatic imine (C=N–C) groups is 1. The number of rotatable bonds is 0. The van der Waals surface area contributed by atoms with Gasteiger partial charge < -0.3 is 4.90 Å². The summed E-state index contributed by atoms with van der Waals surface area (Å²) in [5.74, 6) is 1.26. The quantitative estimate of drug-likeness (QED) is 0.676. The van der Waals surface area contributed by atoms with Crippen LogP contribution in [-0.4, -0.2) is 17.3 Å². The standard InChI is InChI=1S/C14H17ClN2/c1-10-12(15)7-6-11-9-17-8-4-2-3-5-13(17)16-14(10)11/h6-7H,2-5,8-9H2,1H3. The third-order valence-corrected chi connectivity index (χ3v) is 4.15. The van der Waals surface area contributed by atoms with Crippen LogP contribution in [0, 0.1) is 6.92 Å². The molecule has 0 spiro atoms. The highest BCUT2D eigenvalue weighted by Crippen LogP contribution is 2.35. The number of hydrogen-bond acceptors (Lipinski definition) is 2. The predicted octanol–water partition coefficient (Wildman–Crippen LogP) is 4.07. The summed E-state index contributed by atoms with van der Waals surface area (Å²) in [7, 11) is 0. The van der Waals surface area contributed by atoms with E-state index in [9.17, 15) is 0 Å². The summed E-state index contributed by atoms with van der Waals surface area (Å²) >= 11 is 6.17. The van der Waals surface area contributed by atoms with E-state index in [4.69, 9.17) is 16.6 Å². The van der Waals surface area contributed by atoms with Crippen molar-refractivity contribution in [3.8, 4) is 0 Å². The summed E-state index contributed by atoms with van der Waals surface area (Å²) in [6.07, 6.45) is 5.00. The Labute approximate surface area is 107 Å². The first-order valence-electron chi connectivity index (χ1n) is 6.36. The lowest BCUT2D eigenvalue weighted by Gasteiger charge is -2.29. The van der Waals surface area contributed by atoms with Crippen molar-refractivity contribution in [2.45, 2.75) is 39.2 Å². The Morgan fingerprint density at radius 1 is 1.24 bits per heavy atom.